The van der Waals surface area contributed by atoms with Crippen LogP contribution in [0.2, 0.25) is 0 Å². The third kappa shape index (κ3) is 24.3. The highest BCUT2D eigenvalue weighted by Crippen LogP contribution is 2.01. The van der Waals surface area contributed by atoms with Gasteiger partial charge in [-0.1, -0.05) is 5.92 Å². The zero-order valence-corrected chi connectivity index (χ0v) is 26.6. The van der Waals surface area contributed by atoms with Crippen molar-refractivity contribution in [2.24, 2.45) is 0 Å². The minimum Gasteiger partial charge on any atom is -0.480 e. The summed E-state index contributed by atoms with van der Waals surface area (Å²) >= 11 is 0. The van der Waals surface area contributed by atoms with Gasteiger partial charge < -0.3 is 44.3 Å². The van der Waals surface area contributed by atoms with Crippen molar-refractivity contribution in [1.29, 1.82) is 0 Å². The number of rotatable bonds is 24. The van der Waals surface area contributed by atoms with Gasteiger partial charge in [-0.15, -0.1) is 6.42 Å². The van der Waals surface area contributed by atoms with Crippen LogP contribution in [0.4, 0.5) is 0 Å². The molecule has 0 aliphatic carbocycles. The molecule has 1 saturated heterocycles. The Kier molecular flexibility index (Phi) is 24.3. The van der Waals surface area contributed by atoms with Crippen LogP contribution in [0, 0.1) is 12.3 Å². The molecule has 264 valence electrons. The molecular weight excluding hydrogens is 610 g/mol. The minimum absolute atomic E-state index is 0.0423. The van der Waals surface area contributed by atoms with E-state index in [1.807, 2.05) is 4.90 Å². The second-order valence-electron chi connectivity index (χ2n) is 10.3. The van der Waals surface area contributed by atoms with Crippen LogP contribution < -0.4 is 5.32 Å². The Bertz CT molecular complexity index is 874. The second-order valence-corrected chi connectivity index (χ2v) is 10.3. The molecule has 1 fully saturated rings. The average Bonchev–Trinajstić information content (AvgIpc) is 2.99. The van der Waals surface area contributed by atoms with Crippen LogP contribution in [0.3, 0.4) is 0 Å². The van der Waals surface area contributed by atoms with Gasteiger partial charge in [0.15, 0.2) is 0 Å². The molecule has 0 radical (unpaired) electrons. The monoisotopic (exact) mass is 661 g/mol. The Balaban J connectivity index is 2.35. The lowest BCUT2D eigenvalue weighted by molar-refractivity contribution is -0.140. The number of carbonyl (C=O) groups excluding carboxylic acids is 1. The van der Waals surface area contributed by atoms with Crippen molar-refractivity contribution in [1.82, 2.24) is 24.9 Å². The third-order valence-corrected chi connectivity index (χ3v) is 6.62. The number of nitrogens with zero attached hydrogens (tertiary/aromatic N) is 4. The first kappa shape index (κ1) is 41.1. The zero-order chi connectivity index (χ0) is 33.8. The summed E-state index contributed by atoms with van der Waals surface area (Å²) in [7, 11) is 0. The van der Waals surface area contributed by atoms with Crippen LogP contribution >= 0.6 is 0 Å². The van der Waals surface area contributed by atoms with Crippen molar-refractivity contribution in [3.8, 4) is 12.3 Å². The van der Waals surface area contributed by atoms with Crippen LogP contribution in [-0.4, -0.2) is 210 Å². The number of hydrogen-bond donors (Lipinski definition) is 4. The summed E-state index contributed by atoms with van der Waals surface area (Å²) < 4.78 is 26.8. The normalized spacial score (nSPS) is 16.2. The highest BCUT2D eigenvalue weighted by atomic mass is 16.6. The van der Waals surface area contributed by atoms with Crippen molar-refractivity contribution in [3.05, 3.63) is 0 Å². The van der Waals surface area contributed by atoms with Crippen LogP contribution in [0.25, 0.3) is 0 Å². The van der Waals surface area contributed by atoms with E-state index in [4.69, 9.17) is 30.1 Å². The number of hydrogen-bond acceptors (Lipinski definition) is 13. The van der Waals surface area contributed by atoms with Crippen LogP contribution in [0.15, 0.2) is 0 Å². The summed E-state index contributed by atoms with van der Waals surface area (Å²) in [6, 6.07) is 0. The largest absolute Gasteiger partial charge is 0.480 e. The molecule has 46 heavy (non-hydrogen) atoms. The molecule has 0 aromatic rings. The molecule has 0 saturated carbocycles. The Labute approximate surface area is 270 Å². The summed E-state index contributed by atoms with van der Waals surface area (Å²) in [6.45, 7) is 6.23. The molecule has 0 spiro atoms. The number of ether oxygens (including phenoxy) is 5. The number of terminal acetylenes is 1. The summed E-state index contributed by atoms with van der Waals surface area (Å²) in [6.07, 6.45) is 5.08. The van der Waals surface area contributed by atoms with Gasteiger partial charge in [0.05, 0.1) is 85.6 Å². The standard InChI is InChI=1S/C29H51N5O12/c1-2-12-42-14-16-44-18-20-46-21-19-45-17-15-43-13-3-30-26(35)22-31-4-6-32(23-27(36)37)8-10-34(25-29(40)41)11-9-33(7-5-31)24-28(38)39/h1H,3-25H2,(H,30,35)(H,36,37)(H,38,39)(H,40,41). The van der Waals surface area contributed by atoms with Crippen LogP contribution in [-0.2, 0) is 42.9 Å². The van der Waals surface area contributed by atoms with E-state index in [-0.39, 0.29) is 38.7 Å². The maximum absolute atomic E-state index is 12.7. The van der Waals surface area contributed by atoms with E-state index in [2.05, 4.69) is 11.2 Å². The Morgan fingerprint density at radius 2 is 0.826 bits per heavy atom. The lowest BCUT2D eigenvalue weighted by Crippen LogP contribution is -2.50. The molecule has 0 unspecified atom stereocenters. The summed E-state index contributed by atoms with van der Waals surface area (Å²) in [5.41, 5.74) is 0. The van der Waals surface area contributed by atoms with Crippen LogP contribution in [0.1, 0.15) is 0 Å². The van der Waals surface area contributed by atoms with Gasteiger partial charge in [0.2, 0.25) is 5.91 Å². The number of carboxylic acids is 3. The summed E-state index contributed by atoms with van der Waals surface area (Å²) in [5.74, 6) is -0.894. The molecule has 1 amide bonds. The predicted octanol–water partition coefficient (Wildman–Crippen LogP) is -2.71. The quantitative estimate of drug-likeness (QED) is 0.0614. The van der Waals surface area contributed by atoms with E-state index >= 15 is 0 Å². The molecule has 0 bridgehead atoms. The van der Waals surface area contributed by atoms with Gasteiger partial charge in [0.25, 0.3) is 0 Å². The van der Waals surface area contributed by atoms with E-state index in [1.54, 1.807) is 14.7 Å². The van der Waals surface area contributed by atoms with Gasteiger partial charge in [-0.05, 0) is 0 Å². The van der Waals surface area contributed by atoms with Crippen molar-refractivity contribution in [3.63, 3.8) is 0 Å². The van der Waals surface area contributed by atoms with E-state index in [9.17, 15) is 34.5 Å². The summed E-state index contributed by atoms with van der Waals surface area (Å²) in [4.78, 5) is 53.7. The second kappa shape index (κ2) is 27.2. The minimum atomic E-state index is -1.02. The molecule has 0 aromatic carbocycles. The van der Waals surface area contributed by atoms with Crippen molar-refractivity contribution >= 4 is 23.8 Å². The number of carbonyl (C=O) groups is 4. The van der Waals surface area contributed by atoms with E-state index in [0.717, 1.165) is 0 Å². The zero-order valence-electron chi connectivity index (χ0n) is 26.6. The highest BCUT2D eigenvalue weighted by molar-refractivity contribution is 5.78. The molecule has 17 heteroatoms. The maximum Gasteiger partial charge on any atom is 0.317 e. The van der Waals surface area contributed by atoms with Crippen molar-refractivity contribution in [2.45, 2.75) is 0 Å². The molecule has 17 nitrogen and oxygen atoms in total. The SMILES string of the molecule is C#CCOCCOCCOCCOCCOCCNC(=O)CN1CCN(CC(=O)O)CCN(CC(=O)O)CCN(CC(=O)O)CC1. The Hall–Kier alpha value is -2.92. The van der Waals surface area contributed by atoms with Crippen molar-refractivity contribution in [2.75, 3.05) is 151 Å². The van der Waals surface area contributed by atoms with E-state index in [0.29, 0.717) is 118 Å². The van der Waals surface area contributed by atoms with Gasteiger partial charge in [-0.3, -0.25) is 38.8 Å². The smallest absolute Gasteiger partial charge is 0.317 e. The third-order valence-electron chi connectivity index (χ3n) is 6.62. The molecular formula is C29H51N5O12. The van der Waals surface area contributed by atoms with Gasteiger partial charge in [-0.2, -0.15) is 0 Å². The van der Waals surface area contributed by atoms with Gasteiger partial charge in [0, 0.05) is 58.9 Å². The Morgan fingerprint density at radius 3 is 1.15 bits per heavy atom. The molecule has 0 aromatic heterocycles. The molecule has 1 heterocycles. The topological polar surface area (TPSA) is 200 Å². The lowest BCUT2D eigenvalue weighted by Gasteiger charge is -2.32. The number of amides is 1. The molecule has 1 aliphatic rings. The highest BCUT2D eigenvalue weighted by Gasteiger charge is 2.21. The number of carboxylic acid groups (broad SMARTS) is 3. The first-order chi connectivity index (χ1) is 22.2. The first-order valence-electron chi connectivity index (χ1n) is 15.3. The summed E-state index contributed by atoms with van der Waals surface area (Å²) in [5, 5.41) is 30.8. The predicted molar refractivity (Wildman–Crippen MR) is 165 cm³/mol. The molecule has 4 N–H and O–H groups in total. The number of aliphatic carboxylic acids is 3. The molecule has 1 rings (SSSR count). The fourth-order valence-corrected chi connectivity index (χ4v) is 4.32. The van der Waals surface area contributed by atoms with Crippen molar-refractivity contribution < 1.29 is 58.2 Å². The maximum atomic E-state index is 12.7. The Morgan fingerprint density at radius 1 is 0.522 bits per heavy atom. The van der Waals surface area contributed by atoms with Gasteiger partial charge in [0.1, 0.15) is 6.61 Å². The van der Waals surface area contributed by atoms with Gasteiger partial charge >= 0.3 is 17.9 Å². The van der Waals surface area contributed by atoms with E-state index < -0.39 is 17.9 Å². The average molecular weight is 662 g/mol. The fourth-order valence-electron chi connectivity index (χ4n) is 4.32. The first-order valence-corrected chi connectivity index (χ1v) is 15.3. The van der Waals surface area contributed by atoms with Crippen LogP contribution in [0.5, 0.6) is 0 Å². The lowest BCUT2D eigenvalue weighted by atomic mass is 10.3. The number of nitrogens with one attached hydrogen (secondary N) is 1. The fraction of sp³-hybridized carbons (Fsp3) is 0.793. The van der Waals surface area contributed by atoms with E-state index in [1.165, 1.54) is 0 Å². The van der Waals surface area contributed by atoms with Gasteiger partial charge in [-0.25, -0.2) is 0 Å². The molecule has 0 atom stereocenters. The molecule has 1 aliphatic heterocycles.